The van der Waals surface area contributed by atoms with Gasteiger partial charge in [0.05, 0.1) is 6.10 Å². The van der Waals surface area contributed by atoms with E-state index in [0.29, 0.717) is 6.54 Å². The van der Waals surface area contributed by atoms with Crippen molar-refractivity contribution >= 4 is 22.9 Å². The van der Waals surface area contributed by atoms with Gasteiger partial charge in [-0.25, -0.2) is 0 Å². The SMILES string of the molecule is N#C/C(=C/c1c[nH]c2ccccc12)C(=O)NC[C@H]1CCCO1. The number of rotatable bonds is 4. The second-order valence-corrected chi connectivity index (χ2v) is 5.30. The highest BCUT2D eigenvalue weighted by Gasteiger charge is 2.17. The minimum absolute atomic E-state index is 0.0666. The average Bonchev–Trinajstić information content (AvgIpc) is 3.20. The molecule has 0 saturated carbocycles. The molecule has 1 amide bonds. The van der Waals surface area contributed by atoms with E-state index in [1.54, 1.807) is 12.3 Å². The summed E-state index contributed by atoms with van der Waals surface area (Å²) in [5.74, 6) is -0.358. The first-order valence-corrected chi connectivity index (χ1v) is 7.35. The lowest BCUT2D eigenvalue weighted by Gasteiger charge is -2.10. The molecule has 5 nitrogen and oxygen atoms in total. The van der Waals surface area contributed by atoms with Gasteiger partial charge in [-0.1, -0.05) is 18.2 Å². The Hall–Kier alpha value is -2.58. The predicted molar refractivity (Wildman–Crippen MR) is 83.9 cm³/mol. The van der Waals surface area contributed by atoms with E-state index < -0.39 is 0 Å². The molecule has 22 heavy (non-hydrogen) atoms. The van der Waals surface area contributed by atoms with Gasteiger partial charge in [-0.15, -0.1) is 0 Å². The summed E-state index contributed by atoms with van der Waals surface area (Å²) in [4.78, 5) is 15.3. The lowest BCUT2D eigenvalue weighted by atomic mass is 10.1. The predicted octanol–water partition coefficient (Wildman–Crippen LogP) is 2.37. The molecular formula is C17H17N3O2. The number of carbonyl (C=O) groups is 1. The number of para-hydroxylation sites is 1. The van der Waals surface area contributed by atoms with Crippen LogP contribution in [0.1, 0.15) is 18.4 Å². The largest absolute Gasteiger partial charge is 0.376 e. The number of aromatic amines is 1. The number of amides is 1. The fraction of sp³-hybridized carbons (Fsp3) is 0.294. The Morgan fingerprint density at radius 2 is 2.36 bits per heavy atom. The van der Waals surface area contributed by atoms with Crippen molar-refractivity contribution in [2.24, 2.45) is 0 Å². The molecule has 1 atom stereocenters. The maximum absolute atomic E-state index is 12.1. The third-order valence-corrected chi connectivity index (χ3v) is 3.80. The van der Waals surface area contributed by atoms with Crippen LogP contribution < -0.4 is 5.32 Å². The summed E-state index contributed by atoms with van der Waals surface area (Å²) in [6, 6.07) is 9.75. The summed E-state index contributed by atoms with van der Waals surface area (Å²) in [6.07, 6.45) is 5.46. The minimum atomic E-state index is -0.358. The molecule has 1 aliphatic rings. The number of fused-ring (bicyclic) bond motifs is 1. The van der Waals surface area contributed by atoms with Crippen LogP contribution in [0.25, 0.3) is 17.0 Å². The van der Waals surface area contributed by atoms with Crippen LogP contribution in [-0.4, -0.2) is 30.1 Å². The van der Waals surface area contributed by atoms with Crippen molar-refractivity contribution in [2.45, 2.75) is 18.9 Å². The van der Waals surface area contributed by atoms with Crippen LogP contribution in [0.3, 0.4) is 0 Å². The van der Waals surface area contributed by atoms with Gasteiger partial charge in [0.2, 0.25) is 0 Å². The zero-order chi connectivity index (χ0) is 15.4. The number of H-pyrrole nitrogens is 1. The van der Waals surface area contributed by atoms with Crippen molar-refractivity contribution in [1.82, 2.24) is 10.3 Å². The number of ether oxygens (including phenoxy) is 1. The van der Waals surface area contributed by atoms with E-state index in [-0.39, 0.29) is 17.6 Å². The zero-order valence-corrected chi connectivity index (χ0v) is 12.1. The first-order chi connectivity index (χ1) is 10.8. The van der Waals surface area contributed by atoms with E-state index in [1.807, 2.05) is 30.3 Å². The first kappa shape index (κ1) is 14.4. The van der Waals surface area contributed by atoms with Gasteiger partial charge in [-0.05, 0) is 25.0 Å². The molecule has 0 aliphatic carbocycles. The fourth-order valence-corrected chi connectivity index (χ4v) is 2.62. The smallest absolute Gasteiger partial charge is 0.262 e. The van der Waals surface area contributed by atoms with Crippen LogP contribution in [-0.2, 0) is 9.53 Å². The van der Waals surface area contributed by atoms with Crippen molar-refractivity contribution in [3.05, 3.63) is 41.6 Å². The number of carbonyl (C=O) groups excluding carboxylic acids is 1. The molecule has 1 aromatic carbocycles. The molecule has 1 aromatic heterocycles. The van der Waals surface area contributed by atoms with Gasteiger partial charge in [0, 0.05) is 35.8 Å². The van der Waals surface area contributed by atoms with Crippen molar-refractivity contribution in [3.8, 4) is 6.07 Å². The van der Waals surface area contributed by atoms with E-state index in [4.69, 9.17) is 4.74 Å². The zero-order valence-electron chi connectivity index (χ0n) is 12.1. The van der Waals surface area contributed by atoms with Gasteiger partial charge >= 0.3 is 0 Å². The van der Waals surface area contributed by atoms with Gasteiger partial charge < -0.3 is 15.0 Å². The number of nitriles is 1. The molecule has 0 bridgehead atoms. The minimum Gasteiger partial charge on any atom is -0.376 e. The highest BCUT2D eigenvalue weighted by Crippen LogP contribution is 2.20. The number of benzene rings is 1. The molecular weight excluding hydrogens is 278 g/mol. The third kappa shape index (κ3) is 3.02. The molecule has 2 aromatic rings. The van der Waals surface area contributed by atoms with E-state index in [1.165, 1.54) is 0 Å². The lowest BCUT2D eigenvalue weighted by Crippen LogP contribution is -2.32. The molecule has 0 spiro atoms. The Morgan fingerprint density at radius 3 is 3.14 bits per heavy atom. The summed E-state index contributed by atoms with van der Waals surface area (Å²) >= 11 is 0. The number of hydrogen-bond donors (Lipinski definition) is 2. The van der Waals surface area contributed by atoms with Crippen LogP contribution in [0.4, 0.5) is 0 Å². The monoisotopic (exact) mass is 295 g/mol. The van der Waals surface area contributed by atoms with Crippen LogP contribution >= 0.6 is 0 Å². The van der Waals surface area contributed by atoms with Crippen LogP contribution in [0.2, 0.25) is 0 Å². The molecule has 1 fully saturated rings. The molecule has 5 heteroatoms. The molecule has 0 unspecified atom stereocenters. The molecule has 3 rings (SSSR count). The molecule has 1 aliphatic heterocycles. The van der Waals surface area contributed by atoms with Crippen molar-refractivity contribution in [1.29, 1.82) is 5.26 Å². The third-order valence-electron chi connectivity index (χ3n) is 3.80. The second-order valence-electron chi connectivity index (χ2n) is 5.30. The highest BCUT2D eigenvalue weighted by molar-refractivity contribution is 6.03. The van der Waals surface area contributed by atoms with Crippen molar-refractivity contribution in [3.63, 3.8) is 0 Å². The first-order valence-electron chi connectivity index (χ1n) is 7.35. The average molecular weight is 295 g/mol. The standard InChI is InChI=1S/C17H17N3O2/c18-9-12(17(21)20-11-14-4-3-7-22-14)8-13-10-19-16-6-2-1-5-15(13)16/h1-2,5-6,8,10,14,19H,3-4,7,11H2,(H,20,21)/b12-8-/t14-/m1/s1. The molecule has 112 valence electrons. The highest BCUT2D eigenvalue weighted by atomic mass is 16.5. The van der Waals surface area contributed by atoms with Crippen LogP contribution in [0, 0.1) is 11.3 Å². The van der Waals surface area contributed by atoms with Crippen LogP contribution in [0.5, 0.6) is 0 Å². The maximum Gasteiger partial charge on any atom is 0.262 e. The van der Waals surface area contributed by atoms with Gasteiger partial charge in [0.15, 0.2) is 0 Å². The summed E-state index contributed by atoms with van der Waals surface area (Å²) in [5.41, 5.74) is 1.91. The summed E-state index contributed by atoms with van der Waals surface area (Å²) in [6.45, 7) is 1.20. The summed E-state index contributed by atoms with van der Waals surface area (Å²) < 4.78 is 5.46. The van der Waals surface area contributed by atoms with E-state index in [9.17, 15) is 10.1 Å². The Bertz CT molecular complexity index is 749. The maximum atomic E-state index is 12.1. The summed E-state index contributed by atoms with van der Waals surface area (Å²) in [7, 11) is 0. The molecule has 2 heterocycles. The van der Waals surface area contributed by atoms with E-state index in [0.717, 1.165) is 35.9 Å². The second kappa shape index (κ2) is 6.46. The number of aromatic nitrogens is 1. The fourth-order valence-electron chi connectivity index (χ4n) is 2.62. The van der Waals surface area contributed by atoms with E-state index in [2.05, 4.69) is 10.3 Å². The van der Waals surface area contributed by atoms with Gasteiger partial charge in [-0.2, -0.15) is 5.26 Å². The van der Waals surface area contributed by atoms with Gasteiger partial charge in [0.1, 0.15) is 11.6 Å². The number of nitrogens with one attached hydrogen (secondary N) is 2. The Kier molecular flexibility index (Phi) is 4.22. The molecule has 1 saturated heterocycles. The van der Waals surface area contributed by atoms with Crippen LogP contribution in [0.15, 0.2) is 36.0 Å². The lowest BCUT2D eigenvalue weighted by molar-refractivity contribution is -0.117. The van der Waals surface area contributed by atoms with Crippen molar-refractivity contribution in [2.75, 3.05) is 13.2 Å². The number of nitrogens with zero attached hydrogens (tertiary/aromatic N) is 1. The van der Waals surface area contributed by atoms with Gasteiger partial charge in [0.25, 0.3) is 5.91 Å². The quantitative estimate of drug-likeness (QED) is 0.671. The molecule has 2 N–H and O–H groups in total. The normalized spacial score (nSPS) is 18.3. The Morgan fingerprint density at radius 1 is 1.50 bits per heavy atom. The van der Waals surface area contributed by atoms with Crippen molar-refractivity contribution < 1.29 is 9.53 Å². The topological polar surface area (TPSA) is 77.9 Å². The van der Waals surface area contributed by atoms with Gasteiger partial charge in [-0.3, -0.25) is 4.79 Å². The van der Waals surface area contributed by atoms with E-state index >= 15 is 0 Å². The summed E-state index contributed by atoms with van der Waals surface area (Å²) in [5, 5.41) is 13.0. The Balaban J connectivity index is 1.75. The number of hydrogen-bond acceptors (Lipinski definition) is 3. The molecule has 0 radical (unpaired) electrons. The Labute approximate surface area is 128 Å².